The van der Waals surface area contributed by atoms with Crippen molar-refractivity contribution in [1.82, 2.24) is 4.90 Å². The predicted molar refractivity (Wildman–Crippen MR) is 62.3 cm³/mol. The lowest BCUT2D eigenvalue weighted by atomic mass is 9.98. The Balaban J connectivity index is 2.03. The summed E-state index contributed by atoms with van der Waals surface area (Å²) in [6, 6.07) is -0.509. The Morgan fingerprint density at radius 1 is 1.18 bits per heavy atom. The van der Waals surface area contributed by atoms with Crippen molar-refractivity contribution in [2.45, 2.75) is 50.6 Å². The fraction of sp³-hybridized carbons (Fsp3) is 0.833. The van der Waals surface area contributed by atoms with Gasteiger partial charge in [0, 0.05) is 18.5 Å². The Bertz CT molecular complexity index is 319. The van der Waals surface area contributed by atoms with Crippen LogP contribution in [0.25, 0.3) is 0 Å². The molecule has 2 rings (SSSR count). The number of amides is 1. The van der Waals surface area contributed by atoms with Gasteiger partial charge in [-0.25, -0.2) is 4.79 Å². The summed E-state index contributed by atoms with van der Waals surface area (Å²) in [7, 11) is 0. The van der Waals surface area contributed by atoms with Gasteiger partial charge in [-0.2, -0.15) is 0 Å². The van der Waals surface area contributed by atoms with Crippen LogP contribution in [0.5, 0.6) is 0 Å². The summed E-state index contributed by atoms with van der Waals surface area (Å²) in [5.41, 5.74) is 5.80. The molecule has 5 nitrogen and oxygen atoms in total. The highest BCUT2D eigenvalue weighted by atomic mass is 16.4. The fourth-order valence-corrected chi connectivity index (χ4v) is 2.93. The number of nitrogens with zero attached hydrogens (tertiary/aromatic N) is 1. The van der Waals surface area contributed by atoms with Crippen LogP contribution in [0.2, 0.25) is 0 Å². The van der Waals surface area contributed by atoms with Gasteiger partial charge in [0.05, 0.1) is 0 Å². The van der Waals surface area contributed by atoms with E-state index in [4.69, 9.17) is 10.8 Å². The highest BCUT2D eigenvalue weighted by Crippen LogP contribution is 2.28. The summed E-state index contributed by atoms with van der Waals surface area (Å²) in [6.07, 6.45) is 4.78. The zero-order valence-corrected chi connectivity index (χ0v) is 9.97. The Kier molecular flexibility index (Phi) is 3.66. The maximum Gasteiger partial charge on any atom is 0.326 e. The van der Waals surface area contributed by atoms with Gasteiger partial charge in [-0.15, -0.1) is 0 Å². The predicted octanol–water partition coefficient (Wildman–Crippen LogP) is 0.579. The van der Waals surface area contributed by atoms with Crippen LogP contribution in [-0.2, 0) is 9.59 Å². The first kappa shape index (κ1) is 12.4. The van der Waals surface area contributed by atoms with E-state index in [0.29, 0.717) is 19.4 Å². The van der Waals surface area contributed by atoms with Gasteiger partial charge < -0.3 is 15.7 Å². The molecule has 1 saturated heterocycles. The first-order valence-electron chi connectivity index (χ1n) is 6.38. The van der Waals surface area contributed by atoms with Gasteiger partial charge in [0.25, 0.3) is 0 Å². The summed E-state index contributed by atoms with van der Waals surface area (Å²) in [6.45, 7) is 0.585. The topological polar surface area (TPSA) is 83.6 Å². The van der Waals surface area contributed by atoms with Crippen molar-refractivity contribution in [2.24, 2.45) is 11.7 Å². The molecule has 1 heterocycles. The maximum absolute atomic E-state index is 12.3. The first-order valence-corrected chi connectivity index (χ1v) is 6.38. The van der Waals surface area contributed by atoms with E-state index in [1.807, 2.05) is 0 Å². The van der Waals surface area contributed by atoms with Crippen molar-refractivity contribution in [1.29, 1.82) is 0 Å². The molecular weight excluding hydrogens is 220 g/mol. The van der Waals surface area contributed by atoms with Gasteiger partial charge in [0.15, 0.2) is 0 Å². The smallest absolute Gasteiger partial charge is 0.326 e. The molecule has 3 unspecified atom stereocenters. The van der Waals surface area contributed by atoms with Crippen LogP contribution < -0.4 is 5.73 Å². The number of carbonyl (C=O) groups is 2. The number of carboxylic acids is 1. The average Bonchev–Trinajstić information content (AvgIpc) is 2.75. The van der Waals surface area contributed by atoms with Gasteiger partial charge >= 0.3 is 5.97 Å². The van der Waals surface area contributed by atoms with E-state index in [1.165, 1.54) is 0 Å². The molecule has 2 fully saturated rings. The van der Waals surface area contributed by atoms with E-state index >= 15 is 0 Å². The summed E-state index contributed by atoms with van der Waals surface area (Å²) < 4.78 is 0. The molecule has 3 atom stereocenters. The molecule has 0 aromatic heterocycles. The molecule has 1 saturated carbocycles. The van der Waals surface area contributed by atoms with Crippen molar-refractivity contribution >= 4 is 11.9 Å². The molecule has 0 radical (unpaired) electrons. The molecule has 0 bridgehead atoms. The van der Waals surface area contributed by atoms with Crippen molar-refractivity contribution in [3.8, 4) is 0 Å². The normalized spacial score (nSPS) is 33.7. The first-order chi connectivity index (χ1) is 8.09. The van der Waals surface area contributed by atoms with Gasteiger partial charge in [-0.3, -0.25) is 4.79 Å². The number of nitrogens with two attached hydrogens (primary N) is 1. The zero-order chi connectivity index (χ0) is 12.4. The lowest BCUT2D eigenvalue weighted by Crippen LogP contribution is -2.49. The van der Waals surface area contributed by atoms with Crippen LogP contribution in [0.15, 0.2) is 0 Å². The standard InChI is InChI=1S/C12H20N2O3/c13-9-5-4-8(7-9)11(15)14-6-2-1-3-10(14)12(16)17/h8-10H,1-7,13H2,(H,16,17). The van der Waals surface area contributed by atoms with Crippen LogP contribution in [-0.4, -0.2) is 40.5 Å². The number of likely N-dealkylation sites (tertiary alicyclic amines) is 1. The Morgan fingerprint density at radius 2 is 1.94 bits per heavy atom. The molecular formula is C12H20N2O3. The highest BCUT2D eigenvalue weighted by molar-refractivity contribution is 5.85. The lowest BCUT2D eigenvalue weighted by molar-refractivity contribution is -0.153. The number of hydrogen-bond donors (Lipinski definition) is 2. The third-order valence-electron chi connectivity index (χ3n) is 3.89. The van der Waals surface area contributed by atoms with E-state index < -0.39 is 12.0 Å². The van der Waals surface area contributed by atoms with Crippen LogP contribution >= 0.6 is 0 Å². The summed E-state index contributed by atoms with van der Waals surface area (Å²) >= 11 is 0. The molecule has 17 heavy (non-hydrogen) atoms. The minimum atomic E-state index is -0.875. The minimum Gasteiger partial charge on any atom is -0.480 e. The summed E-state index contributed by atoms with van der Waals surface area (Å²) in [5, 5.41) is 9.13. The van der Waals surface area contributed by atoms with Gasteiger partial charge in [0.1, 0.15) is 6.04 Å². The molecule has 1 aliphatic carbocycles. The van der Waals surface area contributed by atoms with E-state index in [-0.39, 0.29) is 17.9 Å². The zero-order valence-electron chi connectivity index (χ0n) is 9.97. The minimum absolute atomic E-state index is 0.00468. The Labute approximate surface area is 101 Å². The second-order valence-electron chi connectivity index (χ2n) is 5.15. The molecule has 2 aliphatic rings. The number of piperidine rings is 1. The summed E-state index contributed by atoms with van der Waals surface area (Å²) in [5.74, 6) is -0.921. The Morgan fingerprint density at radius 3 is 2.53 bits per heavy atom. The second kappa shape index (κ2) is 5.04. The quantitative estimate of drug-likeness (QED) is 0.739. The molecule has 96 valence electrons. The average molecular weight is 240 g/mol. The molecule has 3 N–H and O–H groups in total. The molecule has 0 spiro atoms. The molecule has 1 aliphatic heterocycles. The monoisotopic (exact) mass is 240 g/mol. The van der Waals surface area contributed by atoms with Gasteiger partial charge in [-0.1, -0.05) is 0 Å². The van der Waals surface area contributed by atoms with Crippen LogP contribution in [0, 0.1) is 5.92 Å². The van der Waals surface area contributed by atoms with Crippen molar-refractivity contribution < 1.29 is 14.7 Å². The third-order valence-corrected chi connectivity index (χ3v) is 3.89. The van der Waals surface area contributed by atoms with E-state index in [1.54, 1.807) is 4.90 Å². The number of rotatable bonds is 2. The van der Waals surface area contributed by atoms with Crippen molar-refractivity contribution in [3.63, 3.8) is 0 Å². The van der Waals surface area contributed by atoms with Crippen LogP contribution in [0.4, 0.5) is 0 Å². The number of hydrogen-bond acceptors (Lipinski definition) is 3. The second-order valence-corrected chi connectivity index (χ2v) is 5.15. The lowest BCUT2D eigenvalue weighted by Gasteiger charge is -2.34. The highest BCUT2D eigenvalue weighted by Gasteiger charge is 2.37. The van der Waals surface area contributed by atoms with E-state index in [0.717, 1.165) is 25.7 Å². The third kappa shape index (κ3) is 2.60. The van der Waals surface area contributed by atoms with Crippen LogP contribution in [0.1, 0.15) is 38.5 Å². The Hall–Kier alpha value is -1.10. The molecule has 0 aromatic rings. The molecule has 5 heteroatoms. The van der Waals surface area contributed by atoms with Crippen molar-refractivity contribution in [2.75, 3.05) is 6.54 Å². The van der Waals surface area contributed by atoms with Crippen LogP contribution in [0.3, 0.4) is 0 Å². The number of carboxylic acid groups (broad SMARTS) is 1. The fourth-order valence-electron chi connectivity index (χ4n) is 2.93. The molecule has 1 amide bonds. The number of aliphatic carboxylic acids is 1. The van der Waals surface area contributed by atoms with Gasteiger partial charge in [-0.05, 0) is 38.5 Å². The number of carbonyl (C=O) groups excluding carboxylic acids is 1. The largest absolute Gasteiger partial charge is 0.480 e. The maximum atomic E-state index is 12.3. The van der Waals surface area contributed by atoms with E-state index in [2.05, 4.69) is 0 Å². The van der Waals surface area contributed by atoms with E-state index in [9.17, 15) is 9.59 Å². The van der Waals surface area contributed by atoms with Crippen molar-refractivity contribution in [3.05, 3.63) is 0 Å². The molecule has 0 aromatic carbocycles. The summed E-state index contributed by atoms with van der Waals surface area (Å²) in [4.78, 5) is 25.0. The van der Waals surface area contributed by atoms with Gasteiger partial charge in [0.2, 0.25) is 5.91 Å². The SMILES string of the molecule is NC1CCC(C(=O)N2CCCCC2C(=O)O)C1.